The number of rotatable bonds is 4. The molecule has 2 aromatic heterocycles. The Morgan fingerprint density at radius 3 is 1.11 bits per heavy atom. The minimum absolute atomic E-state index is 0.830. The molecule has 4 nitrogen and oxygen atoms in total. The lowest BCUT2D eigenvalue weighted by molar-refractivity contribution is 0.669. The van der Waals surface area contributed by atoms with Crippen LogP contribution in [0.5, 0.6) is 0 Å². The number of fused-ring (bicyclic) bond motifs is 15. The standard InChI is InChI=1S/C62H40N2O2/c1-3-17-39(18-4-1)63-35-36-64(40-19-5-2-6-20-40)56-38-54-48-28-14-27-47(52-32-16-30-50-44-24-10-12-34-58(44)66-62(50)52)60(48)59-45(41-21-7-8-22-42(41)53(54)37-55(56)63)25-13-26-46(59)51-31-15-29-49-43-23-9-11-33-57(43)65-61(49)51/h1-34,37-38H,35-36H2. The lowest BCUT2D eigenvalue weighted by Crippen LogP contribution is -2.36. The zero-order valence-corrected chi connectivity index (χ0v) is 35.9. The van der Waals surface area contributed by atoms with E-state index in [2.05, 4.69) is 228 Å². The van der Waals surface area contributed by atoms with Crippen molar-refractivity contribution in [2.75, 3.05) is 22.9 Å². The van der Waals surface area contributed by atoms with Crippen LogP contribution >= 0.6 is 0 Å². The Morgan fingerprint density at radius 2 is 0.606 bits per heavy atom. The fraction of sp³-hybridized carbons (Fsp3) is 0.0323. The summed E-state index contributed by atoms with van der Waals surface area (Å²) in [5.74, 6) is 0. The largest absolute Gasteiger partial charge is 0.455 e. The van der Waals surface area contributed by atoms with Gasteiger partial charge in [0.1, 0.15) is 22.3 Å². The second-order valence-electron chi connectivity index (χ2n) is 17.4. The Balaban J connectivity index is 1.14. The Hall–Kier alpha value is -8.60. The van der Waals surface area contributed by atoms with Gasteiger partial charge in [0.2, 0.25) is 0 Å². The minimum atomic E-state index is 0.830. The van der Waals surface area contributed by atoms with Gasteiger partial charge in [-0.05, 0) is 104 Å². The number of hydrogen-bond donors (Lipinski definition) is 0. The third kappa shape index (κ3) is 5.45. The fourth-order valence-electron chi connectivity index (χ4n) is 11.1. The fourth-order valence-corrected chi connectivity index (χ4v) is 11.1. The van der Waals surface area contributed by atoms with Crippen molar-refractivity contribution in [1.82, 2.24) is 0 Å². The highest BCUT2D eigenvalue weighted by molar-refractivity contribution is 6.18. The number of nitrogens with zero attached hydrogens (tertiary/aromatic N) is 2. The maximum Gasteiger partial charge on any atom is 0.143 e. The molecule has 1 aliphatic heterocycles. The van der Waals surface area contributed by atoms with Crippen molar-refractivity contribution in [3.63, 3.8) is 0 Å². The number of anilines is 4. The molecule has 0 saturated carbocycles. The van der Waals surface area contributed by atoms with Gasteiger partial charge in [-0.3, -0.25) is 0 Å². The maximum absolute atomic E-state index is 6.87. The van der Waals surface area contributed by atoms with E-state index in [-0.39, 0.29) is 0 Å². The van der Waals surface area contributed by atoms with E-state index in [1.165, 1.54) is 45.0 Å². The van der Waals surface area contributed by atoms with Crippen LogP contribution in [-0.4, -0.2) is 13.1 Å². The summed E-state index contributed by atoms with van der Waals surface area (Å²) >= 11 is 0. The molecule has 14 rings (SSSR count). The van der Waals surface area contributed by atoms with Gasteiger partial charge in [0.05, 0.1) is 11.4 Å². The van der Waals surface area contributed by atoms with Gasteiger partial charge in [-0.2, -0.15) is 0 Å². The lowest BCUT2D eigenvalue weighted by atomic mass is 9.75. The van der Waals surface area contributed by atoms with Crippen molar-refractivity contribution in [3.8, 4) is 66.8 Å². The molecule has 310 valence electrons. The summed E-state index contributed by atoms with van der Waals surface area (Å²) in [5, 5.41) is 4.43. The molecule has 0 amide bonds. The zero-order chi connectivity index (χ0) is 43.3. The van der Waals surface area contributed by atoms with Crippen LogP contribution in [0.2, 0.25) is 0 Å². The van der Waals surface area contributed by atoms with Crippen molar-refractivity contribution in [1.29, 1.82) is 0 Å². The molecule has 12 aromatic rings. The first kappa shape index (κ1) is 36.8. The summed E-state index contributed by atoms with van der Waals surface area (Å²) in [6.45, 7) is 1.67. The van der Waals surface area contributed by atoms with E-state index in [1.54, 1.807) is 0 Å². The van der Waals surface area contributed by atoms with Crippen LogP contribution < -0.4 is 9.80 Å². The summed E-state index contributed by atoms with van der Waals surface area (Å²) in [6.07, 6.45) is 0. The summed E-state index contributed by atoms with van der Waals surface area (Å²) in [6, 6.07) is 79.3. The molecule has 0 N–H and O–H groups in total. The molecule has 2 aliphatic rings. The SMILES string of the molecule is c1ccc(N2CCN(c3ccccc3)c3cc4c(cc32)-c2ccccc2-c2cccc(-c3cccc5c3oc3ccccc35)c2-c2c-4cccc2-c2cccc3c2oc2ccccc23)cc1. The quantitative estimate of drug-likeness (QED) is 0.177. The predicted octanol–water partition coefficient (Wildman–Crippen LogP) is 17.1. The van der Waals surface area contributed by atoms with Crippen molar-refractivity contribution in [2.24, 2.45) is 0 Å². The molecular formula is C62H40N2O2. The first-order valence-corrected chi connectivity index (χ1v) is 22.8. The highest BCUT2D eigenvalue weighted by Crippen LogP contribution is 2.57. The van der Waals surface area contributed by atoms with E-state index in [0.29, 0.717) is 0 Å². The minimum Gasteiger partial charge on any atom is -0.455 e. The van der Waals surface area contributed by atoms with Gasteiger partial charge in [-0.25, -0.2) is 0 Å². The maximum atomic E-state index is 6.87. The van der Waals surface area contributed by atoms with Gasteiger partial charge in [0.15, 0.2) is 0 Å². The molecule has 1 aliphatic carbocycles. The molecule has 66 heavy (non-hydrogen) atoms. The normalized spacial score (nSPS) is 13.0. The highest BCUT2D eigenvalue weighted by atomic mass is 16.3. The highest BCUT2D eigenvalue weighted by Gasteiger charge is 2.32. The van der Waals surface area contributed by atoms with Crippen LogP contribution in [0.15, 0.2) is 227 Å². The van der Waals surface area contributed by atoms with Crippen LogP contribution in [0.3, 0.4) is 0 Å². The van der Waals surface area contributed by atoms with E-state index in [4.69, 9.17) is 8.83 Å². The van der Waals surface area contributed by atoms with E-state index in [1.807, 2.05) is 0 Å². The van der Waals surface area contributed by atoms with Gasteiger partial charge in [-0.1, -0.05) is 170 Å². The summed E-state index contributed by atoms with van der Waals surface area (Å²) in [7, 11) is 0. The van der Waals surface area contributed by atoms with E-state index >= 15 is 0 Å². The van der Waals surface area contributed by atoms with Gasteiger partial charge < -0.3 is 18.6 Å². The molecule has 0 unspecified atom stereocenters. The lowest BCUT2D eigenvalue weighted by Gasteiger charge is -2.40. The van der Waals surface area contributed by atoms with Crippen molar-refractivity contribution >= 4 is 66.6 Å². The molecule has 10 aromatic carbocycles. The Labute approximate surface area is 381 Å². The Kier molecular flexibility index (Phi) is 8.07. The summed E-state index contributed by atoms with van der Waals surface area (Å²) in [5.41, 5.74) is 21.9. The molecule has 3 heterocycles. The first-order valence-electron chi connectivity index (χ1n) is 22.8. The monoisotopic (exact) mass is 844 g/mol. The molecule has 0 spiro atoms. The molecular weight excluding hydrogens is 805 g/mol. The van der Waals surface area contributed by atoms with Crippen LogP contribution in [0.25, 0.3) is 111 Å². The third-order valence-electron chi connectivity index (χ3n) is 13.9. The first-order chi connectivity index (χ1) is 32.8. The van der Waals surface area contributed by atoms with Crippen LogP contribution in [0.4, 0.5) is 22.7 Å². The summed E-state index contributed by atoms with van der Waals surface area (Å²) in [4.78, 5) is 5.00. The van der Waals surface area contributed by atoms with Gasteiger partial charge >= 0.3 is 0 Å². The van der Waals surface area contributed by atoms with Gasteiger partial charge in [0, 0.05) is 57.1 Å². The number of hydrogen-bond acceptors (Lipinski definition) is 4. The predicted molar refractivity (Wildman–Crippen MR) is 274 cm³/mol. The van der Waals surface area contributed by atoms with Crippen molar-refractivity contribution in [2.45, 2.75) is 0 Å². The average Bonchev–Trinajstić information content (AvgIpc) is 3.97. The van der Waals surface area contributed by atoms with E-state index in [0.717, 1.165) is 101 Å². The zero-order valence-electron chi connectivity index (χ0n) is 35.9. The molecule has 0 bridgehead atoms. The number of benzene rings is 10. The topological polar surface area (TPSA) is 32.8 Å². The third-order valence-corrected chi connectivity index (χ3v) is 13.9. The molecule has 0 saturated heterocycles. The smallest absolute Gasteiger partial charge is 0.143 e. The number of para-hydroxylation sites is 6. The van der Waals surface area contributed by atoms with Crippen molar-refractivity contribution < 1.29 is 8.83 Å². The van der Waals surface area contributed by atoms with Gasteiger partial charge in [-0.15, -0.1) is 0 Å². The molecule has 0 fully saturated rings. The molecule has 0 radical (unpaired) electrons. The van der Waals surface area contributed by atoms with Gasteiger partial charge in [0.25, 0.3) is 0 Å². The van der Waals surface area contributed by atoms with E-state index < -0.39 is 0 Å². The Bertz CT molecular complexity index is 3900. The Morgan fingerprint density at radius 1 is 0.273 bits per heavy atom. The second-order valence-corrected chi connectivity index (χ2v) is 17.4. The summed E-state index contributed by atoms with van der Waals surface area (Å²) < 4.78 is 13.7. The number of furan rings is 2. The molecule has 0 atom stereocenters. The van der Waals surface area contributed by atoms with E-state index in [9.17, 15) is 0 Å². The van der Waals surface area contributed by atoms with Crippen LogP contribution in [-0.2, 0) is 0 Å². The second kappa shape index (κ2) is 14.5. The molecule has 4 heteroatoms. The van der Waals surface area contributed by atoms with Crippen LogP contribution in [0.1, 0.15) is 0 Å². The van der Waals surface area contributed by atoms with Crippen molar-refractivity contribution in [3.05, 3.63) is 218 Å². The van der Waals surface area contributed by atoms with Crippen LogP contribution in [0, 0.1) is 0 Å². The average molecular weight is 845 g/mol.